The van der Waals surface area contributed by atoms with Gasteiger partial charge in [0.05, 0.1) is 32.3 Å². The molecule has 1 aliphatic rings. The van der Waals surface area contributed by atoms with Gasteiger partial charge in [-0.3, -0.25) is 4.79 Å². The smallest absolute Gasteiger partial charge is 0.333 e. The van der Waals surface area contributed by atoms with Gasteiger partial charge >= 0.3 is 11.9 Å². The van der Waals surface area contributed by atoms with E-state index in [4.69, 9.17) is 19.3 Å². The summed E-state index contributed by atoms with van der Waals surface area (Å²) >= 11 is 0. The van der Waals surface area contributed by atoms with E-state index in [-0.39, 0.29) is 32.2 Å². The largest absolute Gasteiger partial charge is 0.465 e. The zero-order valence-corrected chi connectivity index (χ0v) is 21.6. The van der Waals surface area contributed by atoms with Crippen LogP contribution in [0.15, 0.2) is 36.4 Å². The number of rotatable bonds is 16. The summed E-state index contributed by atoms with van der Waals surface area (Å²) in [7, 11) is 0. The molecule has 0 aromatic heterocycles. The van der Waals surface area contributed by atoms with Gasteiger partial charge in [0.15, 0.2) is 0 Å². The second-order valence-electron chi connectivity index (χ2n) is 9.86. The third-order valence-electron chi connectivity index (χ3n) is 6.58. The number of aryl methyl sites for hydroxylation is 1. The molecule has 1 saturated heterocycles. The quantitative estimate of drug-likeness (QED) is 0.196. The highest BCUT2D eigenvalue weighted by molar-refractivity contribution is 5.86. The van der Waals surface area contributed by atoms with E-state index in [9.17, 15) is 9.59 Å². The van der Waals surface area contributed by atoms with Gasteiger partial charge in [0.1, 0.15) is 0 Å². The molecule has 6 nitrogen and oxygen atoms in total. The Labute approximate surface area is 211 Å². The van der Waals surface area contributed by atoms with Crippen molar-refractivity contribution in [2.45, 2.75) is 84.2 Å². The minimum absolute atomic E-state index is 0.0445. The number of aliphatic hydroxyl groups is 1. The molecule has 0 saturated carbocycles. The highest BCUT2D eigenvalue weighted by Crippen LogP contribution is 2.26. The summed E-state index contributed by atoms with van der Waals surface area (Å²) in [6.07, 6.45) is 10.6. The second-order valence-corrected chi connectivity index (χ2v) is 9.86. The Morgan fingerprint density at radius 3 is 2.43 bits per heavy atom. The van der Waals surface area contributed by atoms with E-state index in [2.05, 4.69) is 37.8 Å². The lowest BCUT2D eigenvalue weighted by Gasteiger charge is -2.29. The standard InChI is InChI=1S/C29H44O6/c1-4-5-6-7-25-13-15-27(33-19-25)14-12-23-8-10-24(11-9-23)18-26(20-34-28(31)16-17-30)21-35-29(32)22(2)3/h8-11,25-27,30H,2,4-7,12-21H2,1,3H3. The molecule has 2 rings (SSSR count). The molecule has 6 heteroatoms. The van der Waals surface area contributed by atoms with Crippen molar-refractivity contribution in [3.63, 3.8) is 0 Å². The average molecular weight is 489 g/mol. The van der Waals surface area contributed by atoms with E-state index in [0.717, 1.165) is 37.4 Å². The number of aliphatic hydroxyl groups excluding tert-OH is 1. The summed E-state index contributed by atoms with van der Waals surface area (Å²) in [6.45, 7) is 8.37. The molecule has 1 heterocycles. The van der Waals surface area contributed by atoms with E-state index in [0.29, 0.717) is 18.1 Å². The SMILES string of the molecule is C=C(C)C(=O)OCC(COC(=O)CCO)Cc1ccc(CCC2CCC(CCCCC)CO2)cc1. The maximum Gasteiger partial charge on any atom is 0.333 e. The lowest BCUT2D eigenvalue weighted by atomic mass is 9.91. The van der Waals surface area contributed by atoms with Crippen molar-refractivity contribution in [3.8, 4) is 0 Å². The maximum atomic E-state index is 11.8. The number of carbonyl (C=O) groups is 2. The first kappa shape index (κ1) is 29.1. The van der Waals surface area contributed by atoms with Gasteiger partial charge in [0.25, 0.3) is 0 Å². The summed E-state index contributed by atoms with van der Waals surface area (Å²) in [5.41, 5.74) is 2.70. The molecular formula is C29H44O6. The van der Waals surface area contributed by atoms with Gasteiger partial charge in [-0.05, 0) is 62.5 Å². The van der Waals surface area contributed by atoms with Gasteiger partial charge in [-0.25, -0.2) is 4.79 Å². The van der Waals surface area contributed by atoms with Gasteiger partial charge in [-0.1, -0.05) is 57.0 Å². The first-order valence-electron chi connectivity index (χ1n) is 13.2. The average Bonchev–Trinajstić information content (AvgIpc) is 2.86. The molecular weight excluding hydrogens is 444 g/mol. The number of benzene rings is 1. The van der Waals surface area contributed by atoms with Crippen LogP contribution >= 0.6 is 0 Å². The van der Waals surface area contributed by atoms with Gasteiger partial charge in [-0.2, -0.15) is 0 Å². The molecule has 1 aliphatic heterocycles. The van der Waals surface area contributed by atoms with Crippen LogP contribution in [0.2, 0.25) is 0 Å². The Kier molecular flexibility index (Phi) is 13.7. The predicted molar refractivity (Wildman–Crippen MR) is 137 cm³/mol. The minimum Gasteiger partial charge on any atom is -0.465 e. The van der Waals surface area contributed by atoms with Crippen LogP contribution in [0.4, 0.5) is 0 Å². The van der Waals surface area contributed by atoms with Gasteiger partial charge < -0.3 is 19.3 Å². The van der Waals surface area contributed by atoms with Crippen LogP contribution in [0.1, 0.15) is 76.3 Å². The van der Waals surface area contributed by atoms with E-state index in [1.54, 1.807) is 6.92 Å². The molecule has 1 N–H and O–H groups in total. The Hall–Kier alpha value is -2.18. The predicted octanol–water partition coefficient (Wildman–Crippen LogP) is 5.20. The first-order valence-corrected chi connectivity index (χ1v) is 13.2. The topological polar surface area (TPSA) is 82.1 Å². The van der Waals surface area contributed by atoms with Crippen LogP contribution < -0.4 is 0 Å². The van der Waals surface area contributed by atoms with Crippen LogP contribution in [-0.4, -0.2) is 49.6 Å². The molecule has 1 aromatic rings. The highest BCUT2D eigenvalue weighted by Gasteiger charge is 2.21. The molecule has 35 heavy (non-hydrogen) atoms. The zero-order valence-electron chi connectivity index (χ0n) is 21.6. The summed E-state index contributed by atoms with van der Waals surface area (Å²) < 4.78 is 16.7. The van der Waals surface area contributed by atoms with Crippen LogP contribution in [-0.2, 0) is 36.6 Å². The lowest BCUT2D eigenvalue weighted by molar-refractivity contribution is -0.147. The van der Waals surface area contributed by atoms with Crippen LogP contribution in [0.3, 0.4) is 0 Å². The van der Waals surface area contributed by atoms with Crippen molar-refractivity contribution < 1.29 is 28.9 Å². The summed E-state index contributed by atoms with van der Waals surface area (Å²) in [5, 5.41) is 8.89. The van der Waals surface area contributed by atoms with E-state index in [1.807, 2.05) is 0 Å². The molecule has 0 bridgehead atoms. The van der Waals surface area contributed by atoms with Crippen LogP contribution in [0.25, 0.3) is 0 Å². The Bertz CT molecular complexity index is 764. The fraction of sp³-hybridized carbons (Fsp3) is 0.655. The maximum absolute atomic E-state index is 11.8. The molecule has 0 spiro atoms. The van der Waals surface area contributed by atoms with Gasteiger partial charge in [0, 0.05) is 18.1 Å². The first-order chi connectivity index (χ1) is 16.9. The third-order valence-corrected chi connectivity index (χ3v) is 6.58. The van der Waals surface area contributed by atoms with Gasteiger partial charge in [0.2, 0.25) is 0 Å². The number of ether oxygens (including phenoxy) is 3. The Balaban J connectivity index is 1.79. The molecule has 196 valence electrons. The molecule has 1 fully saturated rings. The summed E-state index contributed by atoms with van der Waals surface area (Å²) in [6, 6.07) is 8.45. The van der Waals surface area contributed by atoms with Crippen LogP contribution in [0.5, 0.6) is 0 Å². The van der Waals surface area contributed by atoms with Crippen molar-refractivity contribution in [2.24, 2.45) is 11.8 Å². The zero-order chi connectivity index (χ0) is 25.5. The third kappa shape index (κ3) is 11.9. The number of unbranched alkanes of at least 4 members (excludes halogenated alkanes) is 2. The monoisotopic (exact) mass is 488 g/mol. The molecule has 3 atom stereocenters. The van der Waals surface area contributed by atoms with E-state index < -0.39 is 11.9 Å². The summed E-state index contributed by atoms with van der Waals surface area (Å²) in [5.74, 6) is -0.351. The number of esters is 2. The van der Waals surface area contributed by atoms with Crippen molar-refractivity contribution >= 4 is 11.9 Å². The Morgan fingerprint density at radius 1 is 1.09 bits per heavy atom. The molecule has 0 amide bonds. The van der Waals surface area contributed by atoms with E-state index >= 15 is 0 Å². The molecule has 1 aromatic carbocycles. The van der Waals surface area contributed by atoms with Crippen molar-refractivity contribution in [1.29, 1.82) is 0 Å². The van der Waals surface area contributed by atoms with Crippen molar-refractivity contribution in [2.75, 3.05) is 26.4 Å². The molecule has 3 unspecified atom stereocenters. The van der Waals surface area contributed by atoms with Crippen LogP contribution in [0, 0.1) is 11.8 Å². The second kappa shape index (κ2) is 16.5. The molecule has 0 aliphatic carbocycles. The van der Waals surface area contributed by atoms with Crippen molar-refractivity contribution in [1.82, 2.24) is 0 Å². The van der Waals surface area contributed by atoms with Crippen molar-refractivity contribution in [3.05, 3.63) is 47.5 Å². The lowest BCUT2D eigenvalue weighted by Crippen LogP contribution is -2.26. The Morgan fingerprint density at radius 2 is 1.80 bits per heavy atom. The minimum atomic E-state index is -0.462. The van der Waals surface area contributed by atoms with E-state index in [1.165, 1.54) is 37.7 Å². The fourth-order valence-electron chi connectivity index (χ4n) is 4.36. The number of carbonyl (C=O) groups excluding carboxylic acids is 2. The summed E-state index contributed by atoms with van der Waals surface area (Å²) in [4.78, 5) is 23.4. The molecule has 0 radical (unpaired) electrons. The normalized spacial score (nSPS) is 18.6. The van der Waals surface area contributed by atoms with Gasteiger partial charge in [-0.15, -0.1) is 0 Å². The number of hydrogen-bond acceptors (Lipinski definition) is 6. The number of hydrogen-bond donors (Lipinski definition) is 1. The fourth-order valence-corrected chi connectivity index (χ4v) is 4.36. The highest BCUT2D eigenvalue weighted by atomic mass is 16.5.